The molecule has 0 atom stereocenters. The Kier molecular flexibility index (Phi) is 6.22. The fourth-order valence-corrected chi connectivity index (χ4v) is 9.46. The number of hydrogen-bond donors (Lipinski definition) is 0. The van der Waals surface area contributed by atoms with Gasteiger partial charge in [0.05, 0.1) is 17.1 Å². The van der Waals surface area contributed by atoms with E-state index in [0.717, 1.165) is 0 Å². The van der Waals surface area contributed by atoms with Crippen molar-refractivity contribution in [3.8, 4) is 33.4 Å². The van der Waals surface area contributed by atoms with E-state index in [1.54, 1.807) is 0 Å². The standard InChI is InChI=1S/C47H33NS/c1-47(2)38-21-9-8-19-35(38)45-36(20-14-22-39(45)47)44-32-17-6-7-18-33(32)46(34-28-27-31(29-37(34)44)30-15-4-3-5-16-30)48-40-23-10-12-25-42(40)49-43-26-13-11-24-41(43)48/h3-29H,1-2H3. The fourth-order valence-electron chi connectivity index (χ4n) is 8.41. The van der Waals surface area contributed by atoms with Crippen LogP contribution in [0.4, 0.5) is 17.1 Å². The lowest BCUT2D eigenvalue weighted by atomic mass is 9.81. The Bertz CT molecular complexity index is 2570. The van der Waals surface area contributed by atoms with E-state index in [1.807, 2.05) is 11.8 Å². The third-order valence-electron chi connectivity index (χ3n) is 10.6. The van der Waals surface area contributed by atoms with E-state index < -0.39 is 0 Å². The normalized spacial score (nSPS) is 14.0. The highest BCUT2D eigenvalue weighted by atomic mass is 32.2. The number of nitrogens with zero attached hydrogens (tertiary/aromatic N) is 1. The molecule has 1 aliphatic carbocycles. The van der Waals surface area contributed by atoms with Crippen LogP contribution in [0.15, 0.2) is 174 Å². The molecule has 0 N–H and O–H groups in total. The molecular weight excluding hydrogens is 611 g/mol. The molecule has 8 aromatic rings. The highest BCUT2D eigenvalue weighted by Gasteiger charge is 2.37. The molecule has 1 heterocycles. The van der Waals surface area contributed by atoms with E-state index in [0.29, 0.717) is 0 Å². The van der Waals surface area contributed by atoms with Gasteiger partial charge in [0.1, 0.15) is 0 Å². The second kappa shape index (κ2) is 10.7. The minimum atomic E-state index is -0.0818. The Hall–Kier alpha value is -5.57. The molecule has 2 aliphatic rings. The number of para-hydroxylation sites is 2. The van der Waals surface area contributed by atoms with Crippen molar-refractivity contribution in [3.05, 3.63) is 175 Å². The first-order chi connectivity index (χ1) is 24.1. The van der Waals surface area contributed by atoms with E-state index in [4.69, 9.17) is 0 Å². The SMILES string of the molecule is CC1(C)c2ccccc2-c2c(-c3c4ccccc4c(N4c5ccccc5Sc5ccccc54)c4ccc(-c5ccccc5)cc34)cccc21. The van der Waals surface area contributed by atoms with Gasteiger partial charge in [-0.1, -0.05) is 159 Å². The summed E-state index contributed by atoms with van der Waals surface area (Å²) in [4.78, 5) is 5.05. The van der Waals surface area contributed by atoms with Crippen LogP contribution in [0.25, 0.3) is 54.9 Å². The van der Waals surface area contributed by atoms with Gasteiger partial charge in [-0.3, -0.25) is 0 Å². The summed E-state index contributed by atoms with van der Waals surface area (Å²) in [6, 6.07) is 60.6. The molecule has 1 aliphatic heterocycles. The average Bonchev–Trinajstić information content (AvgIpc) is 3.39. The lowest BCUT2D eigenvalue weighted by Gasteiger charge is -2.35. The maximum atomic E-state index is 2.52. The topological polar surface area (TPSA) is 3.24 Å². The zero-order valence-corrected chi connectivity index (χ0v) is 28.3. The number of anilines is 3. The van der Waals surface area contributed by atoms with Gasteiger partial charge >= 0.3 is 0 Å². The van der Waals surface area contributed by atoms with Gasteiger partial charge in [0.15, 0.2) is 0 Å². The van der Waals surface area contributed by atoms with Crippen LogP contribution in [-0.2, 0) is 5.41 Å². The van der Waals surface area contributed by atoms with Gasteiger partial charge in [0.25, 0.3) is 0 Å². The van der Waals surface area contributed by atoms with Gasteiger partial charge in [-0.2, -0.15) is 0 Å². The summed E-state index contributed by atoms with van der Waals surface area (Å²) in [6.07, 6.45) is 0. The summed E-state index contributed by atoms with van der Waals surface area (Å²) < 4.78 is 0. The van der Waals surface area contributed by atoms with Crippen LogP contribution in [-0.4, -0.2) is 0 Å². The van der Waals surface area contributed by atoms with Crippen LogP contribution in [0.2, 0.25) is 0 Å². The summed E-state index contributed by atoms with van der Waals surface area (Å²) in [5.41, 5.74) is 14.1. The smallest absolute Gasteiger partial charge is 0.0619 e. The molecule has 1 nitrogen and oxygen atoms in total. The largest absolute Gasteiger partial charge is 0.307 e. The highest BCUT2D eigenvalue weighted by molar-refractivity contribution is 7.99. The van der Waals surface area contributed by atoms with Crippen LogP contribution < -0.4 is 4.90 Å². The monoisotopic (exact) mass is 643 g/mol. The Morgan fingerprint density at radius 1 is 0.429 bits per heavy atom. The Morgan fingerprint density at radius 3 is 1.80 bits per heavy atom. The molecule has 0 bridgehead atoms. The van der Waals surface area contributed by atoms with Crippen molar-refractivity contribution >= 4 is 50.4 Å². The summed E-state index contributed by atoms with van der Waals surface area (Å²) in [5.74, 6) is 0. The van der Waals surface area contributed by atoms with Gasteiger partial charge in [-0.25, -0.2) is 0 Å². The quantitative estimate of drug-likeness (QED) is 0.176. The van der Waals surface area contributed by atoms with Crippen LogP contribution >= 0.6 is 11.8 Å². The lowest BCUT2D eigenvalue weighted by molar-refractivity contribution is 0.660. The first-order valence-electron chi connectivity index (χ1n) is 17.0. The van der Waals surface area contributed by atoms with E-state index in [1.165, 1.54) is 92.9 Å². The van der Waals surface area contributed by atoms with Gasteiger partial charge < -0.3 is 4.90 Å². The van der Waals surface area contributed by atoms with Crippen molar-refractivity contribution < 1.29 is 0 Å². The van der Waals surface area contributed by atoms with E-state index in [-0.39, 0.29) is 5.41 Å². The molecule has 232 valence electrons. The summed E-state index contributed by atoms with van der Waals surface area (Å²) in [6.45, 7) is 4.75. The second-order valence-corrected chi connectivity index (χ2v) is 14.8. The highest BCUT2D eigenvalue weighted by Crippen LogP contribution is 2.58. The molecule has 0 unspecified atom stereocenters. The molecule has 0 saturated heterocycles. The molecule has 0 saturated carbocycles. The zero-order chi connectivity index (χ0) is 32.7. The molecule has 0 aromatic heterocycles. The minimum absolute atomic E-state index is 0.0818. The van der Waals surface area contributed by atoms with Gasteiger partial charge in [-0.05, 0) is 85.6 Å². The molecule has 0 spiro atoms. The maximum Gasteiger partial charge on any atom is 0.0619 e. The van der Waals surface area contributed by atoms with E-state index in [2.05, 4.69) is 183 Å². The predicted octanol–water partition coefficient (Wildman–Crippen LogP) is 13.6. The molecule has 2 heteroatoms. The molecule has 0 fully saturated rings. The van der Waals surface area contributed by atoms with Crippen LogP contribution in [0.5, 0.6) is 0 Å². The van der Waals surface area contributed by atoms with Crippen molar-refractivity contribution in [2.24, 2.45) is 0 Å². The third-order valence-corrected chi connectivity index (χ3v) is 11.8. The Labute approximate surface area is 291 Å². The zero-order valence-electron chi connectivity index (χ0n) is 27.4. The Morgan fingerprint density at radius 2 is 1.02 bits per heavy atom. The molecular formula is C47H33NS. The molecule has 8 aromatic carbocycles. The van der Waals surface area contributed by atoms with Crippen LogP contribution in [0.3, 0.4) is 0 Å². The molecule has 0 amide bonds. The Balaban J connectivity index is 1.38. The van der Waals surface area contributed by atoms with Gasteiger partial charge in [0, 0.05) is 26.0 Å². The van der Waals surface area contributed by atoms with E-state index in [9.17, 15) is 0 Å². The summed E-state index contributed by atoms with van der Waals surface area (Å²) in [5, 5.41) is 5.02. The predicted molar refractivity (Wildman–Crippen MR) is 209 cm³/mol. The molecule has 10 rings (SSSR count). The van der Waals surface area contributed by atoms with Crippen LogP contribution in [0, 0.1) is 0 Å². The molecule has 49 heavy (non-hydrogen) atoms. The van der Waals surface area contributed by atoms with Crippen LogP contribution in [0.1, 0.15) is 25.0 Å². The van der Waals surface area contributed by atoms with Crippen molar-refractivity contribution in [2.45, 2.75) is 29.1 Å². The first kappa shape index (κ1) is 28.4. The maximum absolute atomic E-state index is 2.52. The minimum Gasteiger partial charge on any atom is -0.307 e. The van der Waals surface area contributed by atoms with Crippen molar-refractivity contribution in [1.29, 1.82) is 0 Å². The number of hydrogen-bond acceptors (Lipinski definition) is 2. The number of rotatable bonds is 3. The van der Waals surface area contributed by atoms with Crippen molar-refractivity contribution in [2.75, 3.05) is 4.90 Å². The lowest BCUT2D eigenvalue weighted by Crippen LogP contribution is -2.16. The fraction of sp³-hybridized carbons (Fsp3) is 0.0638. The third kappa shape index (κ3) is 4.14. The number of fused-ring (bicyclic) bond motifs is 7. The van der Waals surface area contributed by atoms with Gasteiger partial charge in [0.2, 0.25) is 0 Å². The molecule has 0 radical (unpaired) electrons. The van der Waals surface area contributed by atoms with Crippen molar-refractivity contribution in [3.63, 3.8) is 0 Å². The second-order valence-electron chi connectivity index (χ2n) is 13.7. The summed E-state index contributed by atoms with van der Waals surface area (Å²) >= 11 is 1.86. The number of benzene rings is 8. The van der Waals surface area contributed by atoms with E-state index >= 15 is 0 Å². The summed E-state index contributed by atoms with van der Waals surface area (Å²) in [7, 11) is 0. The van der Waals surface area contributed by atoms with Crippen molar-refractivity contribution in [1.82, 2.24) is 0 Å². The first-order valence-corrected chi connectivity index (χ1v) is 17.8. The average molecular weight is 644 g/mol. The van der Waals surface area contributed by atoms with Gasteiger partial charge in [-0.15, -0.1) is 0 Å².